The maximum atomic E-state index is 12.7. The van der Waals surface area contributed by atoms with E-state index in [1.54, 1.807) is 0 Å². The van der Waals surface area contributed by atoms with Crippen LogP contribution in [0.25, 0.3) is 0 Å². The van der Waals surface area contributed by atoms with Crippen molar-refractivity contribution in [3.63, 3.8) is 0 Å². The van der Waals surface area contributed by atoms with Gasteiger partial charge in [-0.1, -0.05) is 72.1 Å². The number of hydrogen-bond acceptors (Lipinski definition) is 3. The first-order valence-electron chi connectivity index (χ1n) is 11.9. The van der Waals surface area contributed by atoms with E-state index in [0.717, 1.165) is 19.3 Å². The van der Waals surface area contributed by atoms with E-state index >= 15 is 0 Å². The van der Waals surface area contributed by atoms with Gasteiger partial charge in [-0.2, -0.15) is 0 Å². The number of ether oxygens (including phenoxy) is 1. The van der Waals surface area contributed by atoms with Crippen LogP contribution in [-0.4, -0.2) is 23.1 Å². The van der Waals surface area contributed by atoms with Crippen molar-refractivity contribution in [2.24, 2.45) is 17.8 Å². The molecular formula is C24H44O4. The summed E-state index contributed by atoms with van der Waals surface area (Å²) in [6.45, 7) is 6.68. The molecular weight excluding hydrogens is 352 g/mol. The molecule has 0 saturated heterocycles. The number of carbonyl (C=O) groups is 2. The van der Waals surface area contributed by atoms with Crippen LogP contribution in [0.3, 0.4) is 0 Å². The van der Waals surface area contributed by atoms with Gasteiger partial charge in [0.15, 0.2) is 0 Å². The molecule has 0 aliphatic heterocycles. The van der Waals surface area contributed by atoms with Gasteiger partial charge in [-0.25, -0.2) is 0 Å². The van der Waals surface area contributed by atoms with E-state index in [4.69, 9.17) is 9.84 Å². The van der Waals surface area contributed by atoms with Gasteiger partial charge in [-0.3, -0.25) is 9.59 Å². The summed E-state index contributed by atoms with van der Waals surface area (Å²) in [5.74, 6) is -0.530. The smallest absolute Gasteiger partial charge is 0.309 e. The molecule has 1 N–H and O–H groups in total. The fourth-order valence-electron chi connectivity index (χ4n) is 4.53. The van der Waals surface area contributed by atoms with Gasteiger partial charge in [0.05, 0.1) is 11.8 Å². The second-order valence-electron chi connectivity index (χ2n) is 8.83. The van der Waals surface area contributed by atoms with Gasteiger partial charge < -0.3 is 9.84 Å². The van der Waals surface area contributed by atoms with Crippen LogP contribution in [0.5, 0.6) is 0 Å². The Morgan fingerprint density at radius 1 is 0.821 bits per heavy atom. The predicted molar refractivity (Wildman–Crippen MR) is 114 cm³/mol. The number of carboxylic acids is 1. The molecule has 1 rings (SSSR count). The third-order valence-electron chi connectivity index (χ3n) is 6.33. The van der Waals surface area contributed by atoms with E-state index in [9.17, 15) is 9.59 Å². The van der Waals surface area contributed by atoms with Crippen LogP contribution < -0.4 is 0 Å². The normalized spacial score (nSPS) is 21.8. The summed E-state index contributed by atoms with van der Waals surface area (Å²) in [6, 6.07) is 0. The highest BCUT2D eigenvalue weighted by molar-refractivity contribution is 5.74. The zero-order valence-corrected chi connectivity index (χ0v) is 18.6. The predicted octanol–water partition coefficient (Wildman–Crippen LogP) is 6.76. The number of carboxylic acid groups (broad SMARTS) is 1. The minimum atomic E-state index is -0.723. The summed E-state index contributed by atoms with van der Waals surface area (Å²) in [6.07, 6.45) is 15.5. The van der Waals surface area contributed by atoms with E-state index in [-0.39, 0.29) is 23.9 Å². The van der Waals surface area contributed by atoms with Gasteiger partial charge in [0, 0.05) is 0 Å². The highest BCUT2D eigenvalue weighted by Crippen LogP contribution is 2.31. The minimum absolute atomic E-state index is 0.0365. The van der Waals surface area contributed by atoms with Gasteiger partial charge in [-0.05, 0) is 50.9 Å². The van der Waals surface area contributed by atoms with Crippen LogP contribution in [-0.2, 0) is 14.3 Å². The number of hydrogen-bond donors (Lipinski definition) is 1. The summed E-state index contributed by atoms with van der Waals surface area (Å²) >= 11 is 0. The number of unbranched alkanes of at least 4 members (excludes halogenated alkanes) is 4. The Morgan fingerprint density at radius 2 is 1.39 bits per heavy atom. The van der Waals surface area contributed by atoms with E-state index in [0.29, 0.717) is 31.6 Å². The first-order chi connectivity index (χ1) is 13.5. The monoisotopic (exact) mass is 396 g/mol. The molecule has 0 spiro atoms. The largest absolute Gasteiger partial charge is 0.481 e. The standard InChI is InChI=1S/C24H44O4/c1-4-7-9-12-19(11-6-3)18-22(13-10-8-5-2)28-24(27)21-16-14-20(15-17-21)23(25)26/h19-22H,4-18H2,1-3H3,(H,25,26). The fourth-order valence-corrected chi connectivity index (χ4v) is 4.53. The first kappa shape index (κ1) is 25.0. The van der Waals surface area contributed by atoms with Gasteiger partial charge in [0.25, 0.3) is 0 Å². The molecule has 0 aromatic rings. The van der Waals surface area contributed by atoms with Crippen LogP contribution in [0.15, 0.2) is 0 Å². The molecule has 4 nitrogen and oxygen atoms in total. The highest BCUT2D eigenvalue weighted by Gasteiger charge is 2.32. The molecule has 0 amide bonds. The minimum Gasteiger partial charge on any atom is -0.481 e. The maximum Gasteiger partial charge on any atom is 0.309 e. The Bertz CT molecular complexity index is 426. The molecule has 1 fully saturated rings. The molecule has 2 unspecified atom stereocenters. The molecule has 2 atom stereocenters. The molecule has 1 aliphatic carbocycles. The molecule has 0 aromatic heterocycles. The van der Waals surface area contributed by atoms with Gasteiger partial charge in [0.2, 0.25) is 0 Å². The van der Waals surface area contributed by atoms with E-state index < -0.39 is 5.97 Å². The zero-order chi connectivity index (χ0) is 20.8. The summed E-state index contributed by atoms with van der Waals surface area (Å²) in [7, 11) is 0. The Balaban J connectivity index is 2.58. The quantitative estimate of drug-likeness (QED) is 0.245. The second-order valence-corrected chi connectivity index (χ2v) is 8.83. The van der Waals surface area contributed by atoms with E-state index in [1.165, 1.54) is 51.4 Å². The molecule has 28 heavy (non-hydrogen) atoms. The fraction of sp³-hybridized carbons (Fsp3) is 0.917. The summed E-state index contributed by atoms with van der Waals surface area (Å²) < 4.78 is 6.03. The molecule has 1 aliphatic rings. The Labute approximate surface area is 172 Å². The third kappa shape index (κ3) is 9.93. The summed E-state index contributed by atoms with van der Waals surface area (Å²) in [4.78, 5) is 23.9. The Kier molecular flexibility index (Phi) is 13.3. The Morgan fingerprint density at radius 3 is 1.93 bits per heavy atom. The molecule has 0 aromatic carbocycles. The van der Waals surface area contributed by atoms with Crippen molar-refractivity contribution < 1.29 is 19.4 Å². The SMILES string of the molecule is CCCCCC(CCC)CC(CCCCC)OC(=O)C1CCC(C(=O)O)CC1. The lowest BCUT2D eigenvalue weighted by Crippen LogP contribution is -2.30. The topological polar surface area (TPSA) is 63.6 Å². The van der Waals surface area contributed by atoms with Crippen LogP contribution in [0, 0.1) is 17.8 Å². The Hall–Kier alpha value is -1.06. The van der Waals surface area contributed by atoms with Crippen molar-refractivity contribution in [1.29, 1.82) is 0 Å². The molecule has 0 bridgehead atoms. The molecule has 4 heteroatoms. The summed E-state index contributed by atoms with van der Waals surface area (Å²) in [5.41, 5.74) is 0. The van der Waals surface area contributed by atoms with Gasteiger partial charge >= 0.3 is 11.9 Å². The number of carbonyl (C=O) groups excluding carboxylic acids is 1. The van der Waals surface area contributed by atoms with Crippen molar-refractivity contribution >= 4 is 11.9 Å². The third-order valence-corrected chi connectivity index (χ3v) is 6.33. The maximum absolute atomic E-state index is 12.7. The average molecular weight is 397 g/mol. The van der Waals surface area contributed by atoms with Gasteiger partial charge in [-0.15, -0.1) is 0 Å². The van der Waals surface area contributed by atoms with Crippen LogP contribution in [0.4, 0.5) is 0 Å². The average Bonchev–Trinajstić information content (AvgIpc) is 2.68. The lowest BCUT2D eigenvalue weighted by Gasteiger charge is -2.28. The van der Waals surface area contributed by atoms with Crippen LogP contribution in [0.2, 0.25) is 0 Å². The molecule has 164 valence electrons. The van der Waals surface area contributed by atoms with Crippen LogP contribution in [0.1, 0.15) is 117 Å². The molecule has 0 heterocycles. The van der Waals surface area contributed by atoms with Crippen molar-refractivity contribution in [3.05, 3.63) is 0 Å². The number of esters is 1. The molecule has 1 saturated carbocycles. The highest BCUT2D eigenvalue weighted by atomic mass is 16.5. The second kappa shape index (κ2) is 14.9. The lowest BCUT2D eigenvalue weighted by molar-refractivity contribution is -0.158. The first-order valence-corrected chi connectivity index (χ1v) is 11.9. The number of rotatable bonds is 15. The van der Waals surface area contributed by atoms with E-state index in [1.807, 2.05) is 0 Å². The van der Waals surface area contributed by atoms with Crippen LogP contribution >= 0.6 is 0 Å². The van der Waals surface area contributed by atoms with Crippen molar-refractivity contribution in [1.82, 2.24) is 0 Å². The number of aliphatic carboxylic acids is 1. The zero-order valence-electron chi connectivity index (χ0n) is 18.6. The molecule has 0 radical (unpaired) electrons. The lowest BCUT2D eigenvalue weighted by atomic mass is 9.82. The van der Waals surface area contributed by atoms with E-state index in [2.05, 4.69) is 20.8 Å². The summed E-state index contributed by atoms with van der Waals surface area (Å²) in [5, 5.41) is 9.15. The van der Waals surface area contributed by atoms with Crippen molar-refractivity contribution in [2.45, 2.75) is 123 Å². The van der Waals surface area contributed by atoms with Crippen molar-refractivity contribution in [2.75, 3.05) is 0 Å². The van der Waals surface area contributed by atoms with Crippen molar-refractivity contribution in [3.8, 4) is 0 Å². The van der Waals surface area contributed by atoms with Gasteiger partial charge in [0.1, 0.15) is 6.10 Å².